The van der Waals surface area contributed by atoms with Gasteiger partial charge in [-0.2, -0.15) is 5.26 Å². The molecule has 0 aliphatic carbocycles. The Kier molecular flexibility index (Phi) is 4.69. The molecule has 0 radical (unpaired) electrons. The molecule has 2 atom stereocenters. The Morgan fingerprint density at radius 2 is 2.15 bits per heavy atom. The van der Waals surface area contributed by atoms with E-state index in [-0.39, 0.29) is 17.5 Å². The molecule has 6 nitrogen and oxygen atoms in total. The van der Waals surface area contributed by atoms with E-state index in [1.54, 1.807) is 6.07 Å². The van der Waals surface area contributed by atoms with Gasteiger partial charge in [-0.3, -0.25) is 4.79 Å². The van der Waals surface area contributed by atoms with Gasteiger partial charge in [-0.1, -0.05) is 13.8 Å². The summed E-state index contributed by atoms with van der Waals surface area (Å²) in [6, 6.07) is 5.06. The molecule has 6 heteroatoms. The molecule has 0 fully saturated rings. The van der Waals surface area contributed by atoms with Gasteiger partial charge in [0.05, 0.1) is 7.11 Å². The number of hydrogen-bond acceptors (Lipinski definition) is 5. The van der Waals surface area contributed by atoms with Gasteiger partial charge >= 0.3 is 0 Å². The quantitative estimate of drug-likeness (QED) is 0.832. The predicted molar refractivity (Wildman–Crippen MR) is 72.9 cm³/mol. The van der Waals surface area contributed by atoms with Crippen LogP contribution >= 0.6 is 0 Å². The maximum atomic E-state index is 11.5. The van der Waals surface area contributed by atoms with E-state index in [1.807, 2.05) is 19.9 Å². The topological polar surface area (TPSA) is 109 Å². The van der Waals surface area contributed by atoms with Crippen LogP contribution in [0, 0.1) is 17.2 Å². The Morgan fingerprint density at radius 1 is 1.55 bits per heavy atom. The zero-order valence-electron chi connectivity index (χ0n) is 12.0. The fourth-order valence-corrected chi connectivity index (χ4v) is 2.38. The lowest BCUT2D eigenvalue weighted by atomic mass is 9.75. The highest BCUT2D eigenvalue weighted by molar-refractivity contribution is 5.84. The zero-order valence-corrected chi connectivity index (χ0v) is 12.0. The number of carbonyl (C=O) groups excluding carboxylic acids is 1. The second-order valence-corrected chi connectivity index (χ2v) is 5.17. The zero-order chi connectivity index (χ0) is 15.5. The Bertz CT molecular complexity index is 547. The van der Waals surface area contributed by atoms with Crippen LogP contribution in [0.1, 0.15) is 37.9 Å². The van der Waals surface area contributed by atoms with Crippen molar-refractivity contribution in [3.63, 3.8) is 0 Å². The molecule has 0 aromatic carbocycles. The van der Waals surface area contributed by atoms with Gasteiger partial charge in [-0.25, -0.2) is 4.98 Å². The molecule has 0 aliphatic heterocycles. The number of amides is 1. The van der Waals surface area contributed by atoms with Crippen molar-refractivity contribution in [2.75, 3.05) is 7.11 Å². The third-order valence-corrected chi connectivity index (χ3v) is 3.28. The first-order chi connectivity index (χ1) is 9.23. The van der Waals surface area contributed by atoms with Gasteiger partial charge in [-0.05, 0) is 24.5 Å². The van der Waals surface area contributed by atoms with Crippen LogP contribution in [-0.2, 0) is 4.79 Å². The minimum absolute atomic E-state index is 0.0730. The molecule has 2 unspecified atom stereocenters. The molecule has 0 saturated heterocycles. The van der Waals surface area contributed by atoms with E-state index in [0.717, 1.165) is 0 Å². The number of aliphatic hydroxyl groups is 1. The largest absolute Gasteiger partial charge is 0.481 e. The summed E-state index contributed by atoms with van der Waals surface area (Å²) in [6.45, 7) is 5.10. The number of ether oxygens (including phenoxy) is 1. The number of aromatic nitrogens is 1. The number of nitriles is 1. The third-order valence-electron chi connectivity index (χ3n) is 3.28. The minimum Gasteiger partial charge on any atom is -0.481 e. The van der Waals surface area contributed by atoms with Gasteiger partial charge in [0.2, 0.25) is 11.8 Å². The molecule has 3 N–H and O–H groups in total. The summed E-state index contributed by atoms with van der Waals surface area (Å²) >= 11 is 0. The summed E-state index contributed by atoms with van der Waals surface area (Å²) in [7, 11) is 1.43. The van der Waals surface area contributed by atoms with Gasteiger partial charge in [-0.15, -0.1) is 0 Å². The molecule has 1 heterocycles. The molecule has 1 aromatic heterocycles. The molecule has 108 valence electrons. The monoisotopic (exact) mass is 277 g/mol. The van der Waals surface area contributed by atoms with Crippen molar-refractivity contribution in [3.05, 3.63) is 23.4 Å². The van der Waals surface area contributed by atoms with Crippen molar-refractivity contribution in [1.82, 2.24) is 4.98 Å². The molecule has 0 aliphatic rings. The highest BCUT2D eigenvalue weighted by atomic mass is 16.5. The fraction of sp³-hybridized carbons (Fsp3) is 0.500. The van der Waals surface area contributed by atoms with E-state index >= 15 is 0 Å². The number of hydrogen-bond donors (Lipinski definition) is 2. The van der Waals surface area contributed by atoms with Crippen molar-refractivity contribution in [3.8, 4) is 11.9 Å². The average Bonchev–Trinajstić information content (AvgIpc) is 2.37. The highest BCUT2D eigenvalue weighted by Gasteiger charge is 2.40. The summed E-state index contributed by atoms with van der Waals surface area (Å²) in [5, 5.41) is 19.4. The van der Waals surface area contributed by atoms with E-state index in [0.29, 0.717) is 5.56 Å². The van der Waals surface area contributed by atoms with Crippen molar-refractivity contribution in [2.45, 2.75) is 32.3 Å². The number of pyridine rings is 1. The smallest absolute Gasteiger partial charge is 0.249 e. The maximum Gasteiger partial charge on any atom is 0.249 e. The Morgan fingerprint density at radius 3 is 2.55 bits per heavy atom. The first-order valence-corrected chi connectivity index (χ1v) is 6.22. The lowest BCUT2D eigenvalue weighted by Crippen LogP contribution is -2.47. The first kappa shape index (κ1) is 15.9. The van der Waals surface area contributed by atoms with E-state index in [1.165, 1.54) is 20.1 Å². The second kappa shape index (κ2) is 5.88. The van der Waals surface area contributed by atoms with Gasteiger partial charge in [0.25, 0.3) is 0 Å². The summed E-state index contributed by atoms with van der Waals surface area (Å²) < 4.78 is 5.04. The van der Waals surface area contributed by atoms with E-state index in [4.69, 9.17) is 15.7 Å². The normalized spacial score (nSPS) is 15.2. The summed E-state index contributed by atoms with van der Waals surface area (Å²) in [4.78, 5) is 15.5. The second-order valence-electron chi connectivity index (χ2n) is 5.17. The van der Waals surface area contributed by atoms with Crippen LogP contribution in [0.2, 0.25) is 0 Å². The molecule has 0 saturated carbocycles. The maximum absolute atomic E-state index is 11.5. The number of nitrogens with two attached hydrogens (primary N) is 1. The van der Waals surface area contributed by atoms with Crippen LogP contribution in [0.25, 0.3) is 0 Å². The molecular formula is C14H19N3O3. The number of carbonyl (C=O) groups is 1. The standard InChI is InChI=1S/C14H19N3O3/c1-8(2)12(14(3,19)13(16)18)9-5-10(7-15)17-11(6-9)20-4/h5-6,8,12,19H,1-4H3,(H2,16,18). The highest BCUT2D eigenvalue weighted by Crippen LogP contribution is 2.36. The molecule has 1 rings (SSSR count). The first-order valence-electron chi connectivity index (χ1n) is 6.22. The molecule has 1 amide bonds. The van der Waals surface area contributed by atoms with Crippen LogP contribution < -0.4 is 10.5 Å². The van der Waals surface area contributed by atoms with Crippen LogP contribution in [0.5, 0.6) is 5.88 Å². The van der Waals surface area contributed by atoms with Gasteiger partial charge in [0, 0.05) is 12.0 Å². The lowest BCUT2D eigenvalue weighted by Gasteiger charge is -2.33. The number of nitrogens with zero attached hydrogens (tertiary/aromatic N) is 2. The van der Waals surface area contributed by atoms with Crippen LogP contribution in [0.3, 0.4) is 0 Å². The minimum atomic E-state index is -1.73. The Hall–Kier alpha value is -2.13. The van der Waals surface area contributed by atoms with Gasteiger partial charge in [0.15, 0.2) is 0 Å². The summed E-state index contributed by atoms with van der Waals surface area (Å²) in [6.07, 6.45) is 0. The molecule has 0 spiro atoms. The summed E-state index contributed by atoms with van der Waals surface area (Å²) in [5.74, 6) is -1.20. The number of primary amides is 1. The van der Waals surface area contributed by atoms with Crippen LogP contribution in [0.4, 0.5) is 0 Å². The third kappa shape index (κ3) is 3.06. The fourth-order valence-electron chi connectivity index (χ4n) is 2.38. The average molecular weight is 277 g/mol. The number of methoxy groups -OCH3 is 1. The van der Waals surface area contributed by atoms with Crippen LogP contribution in [-0.4, -0.2) is 28.7 Å². The van der Waals surface area contributed by atoms with Crippen molar-refractivity contribution >= 4 is 5.91 Å². The van der Waals surface area contributed by atoms with Crippen molar-refractivity contribution in [2.24, 2.45) is 11.7 Å². The van der Waals surface area contributed by atoms with Crippen LogP contribution in [0.15, 0.2) is 12.1 Å². The van der Waals surface area contributed by atoms with Crippen molar-refractivity contribution < 1.29 is 14.6 Å². The summed E-state index contributed by atoms with van der Waals surface area (Å²) in [5.41, 5.74) is 4.31. The Balaban J connectivity index is 3.44. The van der Waals surface area contributed by atoms with E-state index in [2.05, 4.69) is 4.98 Å². The lowest BCUT2D eigenvalue weighted by molar-refractivity contribution is -0.138. The predicted octanol–water partition coefficient (Wildman–Crippen LogP) is 0.938. The van der Waals surface area contributed by atoms with Crippen molar-refractivity contribution in [1.29, 1.82) is 5.26 Å². The van der Waals surface area contributed by atoms with Gasteiger partial charge < -0.3 is 15.6 Å². The molecular weight excluding hydrogens is 258 g/mol. The van der Waals surface area contributed by atoms with E-state index in [9.17, 15) is 9.90 Å². The van der Waals surface area contributed by atoms with Gasteiger partial charge in [0.1, 0.15) is 17.4 Å². The molecule has 1 aromatic rings. The molecule has 20 heavy (non-hydrogen) atoms. The Labute approximate surface area is 118 Å². The van der Waals surface area contributed by atoms with E-state index < -0.39 is 17.4 Å². The number of rotatable bonds is 5. The molecule has 0 bridgehead atoms. The SMILES string of the molecule is COc1cc(C(C(C)C)C(C)(O)C(N)=O)cc(C#N)n1.